The molecule has 1 rings (SSSR count). The predicted molar refractivity (Wildman–Crippen MR) is 84.7 cm³/mol. The van der Waals surface area contributed by atoms with Crippen LogP contribution in [0.25, 0.3) is 0 Å². The number of hydrogen-bond donors (Lipinski definition) is 1. The summed E-state index contributed by atoms with van der Waals surface area (Å²) < 4.78 is 11.5. The third-order valence-electron chi connectivity index (χ3n) is 3.59. The topological polar surface area (TPSA) is 30.5 Å². The standard InChI is InChI=1S/C17H29NO2/c1-6-11-18-13(4)14-9-10-16(17(12-14)19-5)20-15(7-2)8-3/h9-10,12-13,15,18H,6-8,11H2,1-5H3. The van der Waals surface area contributed by atoms with Crippen molar-refractivity contribution in [3.8, 4) is 11.5 Å². The van der Waals surface area contributed by atoms with Gasteiger partial charge in [0.15, 0.2) is 11.5 Å². The normalized spacial score (nSPS) is 12.5. The molecule has 0 aliphatic rings. The molecule has 0 aromatic heterocycles. The molecule has 3 nitrogen and oxygen atoms in total. The zero-order valence-electron chi connectivity index (χ0n) is 13.5. The second-order valence-electron chi connectivity index (χ2n) is 5.14. The van der Waals surface area contributed by atoms with E-state index in [9.17, 15) is 0 Å². The van der Waals surface area contributed by atoms with Crippen LogP contribution in [0.2, 0.25) is 0 Å². The van der Waals surface area contributed by atoms with Gasteiger partial charge in [-0.1, -0.05) is 26.8 Å². The lowest BCUT2D eigenvalue weighted by Crippen LogP contribution is -2.19. The van der Waals surface area contributed by atoms with Gasteiger partial charge in [0.25, 0.3) is 0 Å². The predicted octanol–water partition coefficient (Wildman–Crippen LogP) is 4.32. The van der Waals surface area contributed by atoms with E-state index < -0.39 is 0 Å². The molecule has 1 unspecified atom stereocenters. The van der Waals surface area contributed by atoms with Crippen molar-refractivity contribution in [2.75, 3.05) is 13.7 Å². The Hall–Kier alpha value is -1.22. The molecule has 0 heterocycles. The lowest BCUT2D eigenvalue weighted by Gasteiger charge is -2.20. The second kappa shape index (κ2) is 8.85. The Morgan fingerprint density at radius 1 is 1.10 bits per heavy atom. The van der Waals surface area contributed by atoms with E-state index in [0.29, 0.717) is 6.04 Å². The smallest absolute Gasteiger partial charge is 0.161 e. The highest BCUT2D eigenvalue weighted by Crippen LogP contribution is 2.31. The molecule has 0 aliphatic carbocycles. The van der Waals surface area contributed by atoms with Crippen LogP contribution in [0.5, 0.6) is 11.5 Å². The zero-order chi connectivity index (χ0) is 15.0. The minimum absolute atomic E-state index is 0.255. The van der Waals surface area contributed by atoms with Crippen molar-refractivity contribution in [2.45, 2.75) is 59.1 Å². The molecule has 1 N–H and O–H groups in total. The molecule has 0 aliphatic heterocycles. The molecule has 114 valence electrons. The first kappa shape index (κ1) is 16.8. The summed E-state index contributed by atoms with van der Waals surface area (Å²) in [6, 6.07) is 6.54. The van der Waals surface area contributed by atoms with Crippen molar-refractivity contribution >= 4 is 0 Å². The highest BCUT2D eigenvalue weighted by atomic mass is 16.5. The number of nitrogens with one attached hydrogen (secondary N) is 1. The molecule has 3 heteroatoms. The van der Waals surface area contributed by atoms with Crippen molar-refractivity contribution in [3.63, 3.8) is 0 Å². The summed E-state index contributed by atoms with van der Waals surface area (Å²) in [6.07, 6.45) is 3.41. The number of rotatable bonds is 9. The monoisotopic (exact) mass is 279 g/mol. The van der Waals surface area contributed by atoms with Gasteiger partial charge >= 0.3 is 0 Å². The number of ether oxygens (including phenoxy) is 2. The first-order chi connectivity index (χ1) is 9.65. The van der Waals surface area contributed by atoms with Gasteiger partial charge in [-0.2, -0.15) is 0 Å². The van der Waals surface area contributed by atoms with Gasteiger partial charge < -0.3 is 14.8 Å². The van der Waals surface area contributed by atoms with E-state index in [1.807, 2.05) is 6.07 Å². The maximum atomic E-state index is 6.01. The Kier molecular flexibility index (Phi) is 7.45. The molecule has 0 fully saturated rings. The minimum atomic E-state index is 0.255. The quantitative estimate of drug-likeness (QED) is 0.730. The Balaban J connectivity index is 2.84. The molecular formula is C17H29NO2. The first-order valence-electron chi connectivity index (χ1n) is 7.74. The van der Waals surface area contributed by atoms with Crippen molar-refractivity contribution in [1.29, 1.82) is 0 Å². The van der Waals surface area contributed by atoms with Gasteiger partial charge in [-0.15, -0.1) is 0 Å². The van der Waals surface area contributed by atoms with Crippen LogP contribution in [0.4, 0.5) is 0 Å². The molecule has 0 bridgehead atoms. The van der Waals surface area contributed by atoms with E-state index in [1.165, 1.54) is 5.56 Å². The van der Waals surface area contributed by atoms with Crippen molar-refractivity contribution in [2.24, 2.45) is 0 Å². The molecule has 1 aromatic rings. The molecule has 20 heavy (non-hydrogen) atoms. The molecule has 0 radical (unpaired) electrons. The van der Waals surface area contributed by atoms with Crippen LogP contribution in [-0.2, 0) is 0 Å². The summed E-state index contributed by atoms with van der Waals surface area (Å²) in [7, 11) is 1.70. The number of methoxy groups -OCH3 is 1. The second-order valence-corrected chi connectivity index (χ2v) is 5.14. The summed E-state index contributed by atoms with van der Waals surface area (Å²) in [5.74, 6) is 1.66. The maximum absolute atomic E-state index is 6.01. The Morgan fingerprint density at radius 2 is 1.80 bits per heavy atom. The fourth-order valence-corrected chi connectivity index (χ4v) is 2.16. The Labute approximate surface area is 123 Å². The van der Waals surface area contributed by atoms with Gasteiger partial charge in [0.05, 0.1) is 13.2 Å². The van der Waals surface area contributed by atoms with Gasteiger partial charge in [0.2, 0.25) is 0 Å². The summed E-state index contributed by atoms with van der Waals surface area (Å²) in [6.45, 7) is 9.66. The molecule has 1 atom stereocenters. The maximum Gasteiger partial charge on any atom is 0.161 e. The van der Waals surface area contributed by atoms with Gasteiger partial charge in [-0.25, -0.2) is 0 Å². The van der Waals surface area contributed by atoms with Gasteiger partial charge in [0, 0.05) is 6.04 Å². The minimum Gasteiger partial charge on any atom is -0.493 e. The van der Waals surface area contributed by atoms with Gasteiger partial charge in [0.1, 0.15) is 0 Å². The molecule has 0 saturated carbocycles. The zero-order valence-corrected chi connectivity index (χ0v) is 13.5. The molecular weight excluding hydrogens is 250 g/mol. The van der Waals surface area contributed by atoms with Crippen molar-refractivity contribution in [1.82, 2.24) is 5.32 Å². The van der Waals surface area contributed by atoms with E-state index in [1.54, 1.807) is 7.11 Å². The Bertz CT molecular complexity index is 389. The highest BCUT2D eigenvalue weighted by molar-refractivity contribution is 5.43. The van der Waals surface area contributed by atoms with E-state index in [-0.39, 0.29) is 6.10 Å². The van der Waals surface area contributed by atoms with Crippen LogP contribution < -0.4 is 14.8 Å². The van der Waals surface area contributed by atoms with E-state index in [2.05, 4.69) is 45.1 Å². The molecule has 0 saturated heterocycles. The first-order valence-corrected chi connectivity index (χ1v) is 7.74. The van der Waals surface area contributed by atoms with E-state index in [0.717, 1.165) is 37.3 Å². The SMILES string of the molecule is CCCNC(C)c1ccc(OC(CC)CC)c(OC)c1. The number of hydrogen-bond acceptors (Lipinski definition) is 3. The summed E-state index contributed by atoms with van der Waals surface area (Å²) in [4.78, 5) is 0. The average molecular weight is 279 g/mol. The molecule has 1 aromatic carbocycles. The van der Waals surface area contributed by atoms with Crippen LogP contribution in [0.15, 0.2) is 18.2 Å². The third kappa shape index (κ3) is 4.71. The summed E-state index contributed by atoms with van der Waals surface area (Å²) in [5, 5.41) is 3.49. The highest BCUT2D eigenvalue weighted by Gasteiger charge is 2.13. The van der Waals surface area contributed by atoms with Crippen molar-refractivity contribution in [3.05, 3.63) is 23.8 Å². The fraction of sp³-hybridized carbons (Fsp3) is 0.647. The van der Waals surface area contributed by atoms with Gasteiger partial charge in [-0.05, 0) is 50.4 Å². The van der Waals surface area contributed by atoms with Crippen LogP contribution in [0, 0.1) is 0 Å². The lowest BCUT2D eigenvalue weighted by atomic mass is 10.1. The van der Waals surface area contributed by atoms with Gasteiger partial charge in [-0.3, -0.25) is 0 Å². The molecule has 0 spiro atoms. The fourth-order valence-electron chi connectivity index (χ4n) is 2.16. The van der Waals surface area contributed by atoms with E-state index >= 15 is 0 Å². The average Bonchev–Trinajstić information content (AvgIpc) is 2.50. The molecule has 0 amide bonds. The lowest BCUT2D eigenvalue weighted by molar-refractivity contribution is 0.185. The van der Waals surface area contributed by atoms with Crippen LogP contribution >= 0.6 is 0 Å². The number of benzene rings is 1. The van der Waals surface area contributed by atoms with Crippen LogP contribution in [0.3, 0.4) is 0 Å². The van der Waals surface area contributed by atoms with Crippen LogP contribution in [-0.4, -0.2) is 19.8 Å². The van der Waals surface area contributed by atoms with Crippen LogP contribution in [0.1, 0.15) is 58.6 Å². The Morgan fingerprint density at radius 3 is 2.35 bits per heavy atom. The van der Waals surface area contributed by atoms with Crippen molar-refractivity contribution < 1.29 is 9.47 Å². The van der Waals surface area contributed by atoms with E-state index in [4.69, 9.17) is 9.47 Å². The summed E-state index contributed by atoms with van der Waals surface area (Å²) >= 11 is 0. The summed E-state index contributed by atoms with van der Waals surface area (Å²) in [5.41, 5.74) is 1.23. The third-order valence-corrected chi connectivity index (χ3v) is 3.59. The largest absolute Gasteiger partial charge is 0.493 e.